The fourth-order valence-corrected chi connectivity index (χ4v) is 3.10. The first kappa shape index (κ1) is 15.2. The van der Waals surface area contributed by atoms with E-state index in [1.165, 1.54) is 5.56 Å². The van der Waals surface area contributed by atoms with Gasteiger partial charge in [-0.2, -0.15) is 0 Å². The van der Waals surface area contributed by atoms with Gasteiger partial charge in [0, 0.05) is 32.7 Å². The van der Waals surface area contributed by atoms with E-state index >= 15 is 0 Å². The van der Waals surface area contributed by atoms with Gasteiger partial charge in [0.15, 0.2) is 0 Å². The molecule has 0 unspecified atom stereocenters. The smallest absolute Gasteiger partial charge is 0.414 e. The Balaban J connectivity index is 1.89. The van der Waals surface area contributed by atoms with Crippen molar-refractivity contribution in [3.8, 4) is 0 Å². The average molecular weight is 303 g/mol. The zero-order valence-corrected chi connectivity index (χ0v) is 13.7. The van der Waals surface area contributed by atoms with Crippen LogP contribution in [0.15, 0.2) is 18.2 Å². The predicted molar refractivity (Wildman–Crippen MR) is 88.8 cm³/mol. The number of fused-ring (bicyclic) bond motifs is 1. The Morgan fingerprint density at radius 3 is 2.59 bits per heavy atom. The van der Waals surface area contributed by atoms with Crippen molar-refractivity contribution in [2.45, 2.75) is 32.8 Å². The number of amides is 1. The van der Waals surface area contributed by atoms with Crippen molar-refractivity contribution >= 4 is 17.5 Å². The second-order valence-corrected chi connectivity index (χ2v) is 6.90. The zero-order chi connectivity index (χ0) is 15.7. The third kappa shape index (κ3) is 3.04. The lowest BCUT2D eigenvalue weighted by Gasteiger charge is -2.33. The van der Waals surface area contributed by atoms with E-state index in [9.17, 15) is 4.79 Å². The molecule has 0 aromatic heterocycles. The van der Waals surface area contributed by atoms with Gasteiger partial charge in [-0.05, 0) is 38.8 Å². The topological polar surface area (TPSA) is 44.8 Å². The van der Waals surface area contributed by atoms with E-state index in [0.29, 0.717) is 6.54 Å². The van der Waals surface area contributed by atoms with Gasteiger partial charge in [-0.25, -0.2) is 4.79 Å². The molecule has 0 saturated carbocycles. The molecule has 0 atom stereocenters. The van der Waals surface area contributed by atoms with E-state index in [0.717, 1.165) is 44.0 Å². The number of para-hydroxylation sites is 1. The number of benzene rings is 1. The van der Waals surface area contributed by atoms with Gasteiger partial charge in [0.05, 0.1) is 11.4 Å². The quantitative estimate of drug-likeness (QED) is 0.865. The lowest BCUT2D eigenvalue weighted by molar-refractivity contribution is 0.0584. The molecule has 0 bridgehead atoms. The molecule has 5 heteroatoms. The summed E-state index contributed by atoms with van der Waals surface area (Å²) >= 11 is 0. The van der Waals surface area contributed by atoms with Gasteiger partial charge in [-0.15, -0.1) is 0 Å². The maximum atomic E-state index is 12.5. The summed E-state index contributed by atoms with van der Waals surface area (Å²) in [5, 5.41) is 3.37. The van der Waals surface area contributed by atoms with Crippen LogP contribution >= 0.6 is 0 Å². The van der Waals surface area contributed by atoms with Crippen LogP contribution in [-0.2, 0) is 11.2 Å². The third-order valence-corrected chi connectivity index (χ3v) is 4.04. The third-order valence-electron chi connectivity index (χ3n) is 4.04. The van der Waals surface area contributed by atoms with E-state index < -0.39 is 5.60 Å². The minimum Gasteiger partial charge on any atom is -0.443 e. The summed E-state index contributed by atoms with van der Waals surface area (Å²) in [6, 6.07) is 6.33. The number of piperazine rings is 1. The molecule has 1 aromatic rings. The molecule has 1 aromatic carbocycles. The Morgan fingerprint density at radius 2 is 1.91 bits per heavy atom. The summed E-state index contributed by atoms with van der Waals surface area (Å²) < 4.78 is 5.58. The van der Waals surface area contributed by atoms with Crippen LogP contribution in [0.4, 0.5) is 16.2 Å². The van der Waals surface area contributed by atoms with Crippen molar-refractivity contribution in [3.63, 3.8) is 0 Å². The normalized spacial score (nSPS) is 18.3. The number of carbonyl (C=O) groups is 1. The zero-order valence-electron chi connectivity index (χ0n) is 13.7. The molecule has 2 heterocycles. The molecule has 5 nitrogen and oxygen atoms in total. The number of carbonyl (C=O) groups excluding carboxylic acids is 1. The van der Waals surface area contributed by atoms with Crippen LogP contribution in [0.3, 0.4) is 0 Å². The molecular weight excluding hydrogens is 278 g/mol. The number of anilines is 2. The predicted octanol–water partition coefficient (Wildman–Crippen LogP) is 2.39. The number of nitrogens with zero attached hydrogens (tertiary/aromatic N) is 2. The van der Waals surface area contributed by atoms with E-state index in [4.69, 9.17) is 4.74 Å². The Morgan fingerprint density at radius 1 is 1.18 bits per heavy atom. The molecule has 0 aliphatic carbocycles. The van der Waals surface area contributed by atoms with Crippen LogP contribution < -0.4 is 15.1 Å². The molecule has 3 rings (SSSR count). The highest BCUT2D eigenvalue weighted by atomic mass is 16.6. The van der Waals surface area contributed by atoms with Gasteiger partial charge < -0.3 is 15.0 Å². The monoisotopic (exact) mass is 303 g/mol. The van der Waals surface area contributed by atoms with Crippen LogP contribution in [0.2, 0.25) is 0 Å². The summed E-state index contributed by atoms with van der Waals surface area (Å²) in [7, 11) is 0. The minimum atomic E-state index is -0.468. The number of hydrogen-bond donors (Lipinski definition) is 1. The molecule has 1 fully saturated rings. The largest absolute Gasteiger partial charge is 0.443 e. The summed E-state index contributed by atoms with van der Waals surface area (Å²) in [5.74, 6) is 0. The van der Waals surface area contributed by atoms with Crippen molar-refractivity contribution < 1.29 is 9.53 Å². The molecule has 22 heavy (non-hydrogen) atoms. The van der Waals surface area contributed by atoms with Crippen LogP contribution in [0, 0.1) is 0 Å². The number of rotatable bonds is 1. The van der Waals surface area contributed by atoms with Gasteiger partial charge in [0.25, 0.3) is 0 Å². The molecular formula is C17H25N3O2. The second-order valence-electron chi connectivity index (χ2n) is 6.90. The molecule has 1 amide bonds. The highest BCUT2D eigenvalue weighted by Gasteiger charge is 2.32. The number of nitrogens with one attached hydrogen (secondary N) is 1. The maximum Gasteiger partial charge on any atom is 0.414 e. The molecule has 1 saturated heterocycles. The standard InChI is InChI=1S/C17H25N3O2/c1-17(2,3)22-16(21)20-10-7-13-5-4-6-14(15(13)20)19-11-8-18-9-12-19/h4-6,18H,7-12H2,1-3H3. The molecule has 0 spiro atoms. The van der Waals surface area contributed by atoms with E-state index in [-0.39, 0.29) is 6.09 Å². The Hall–Kier alpha value is -1.75. The van der Waals surface area contributed by atoms with Crippen LogP contribution in [0.25, 0.3) is 0 Å². The van der Waals surface area contributed by atoms with Crippen LogP contribution in [0.1, 0.15) is 26.3 Å². The van der Waals surface area contributed by atoms with Crippen molar-refractivity contribution in [2.24, 2.45) is 0 Å². The maximum absolute atomic E-state index is 12.5. The van der Waals surface area contributed by atoms with E-state index in [1.54, 1.807) is 4.90 Å². The molecule has 2 aliphatic heterocycles. The first-order valence-electron chi connectivity index (χ1n) is 8.04. The van der Waals surface area contributed by atoms with E-state index in [2.05, 4.69) is 28.4 Å². The first-order valence-corrected chi connectivity index (χ1v) is 8.04. The minimum absolute atomic E-state index is 0.242. The average Bonchev–Trinajstić information content (AvgIpc) is 2.90. The molecule has 2 aliphatic rings. The van der Waals surface area contributed by atoms with Gasteiger partial charge >= 0.3 is 6.09 Å². The molecule has 120 valence electrons. The number of hydrogen-bond acceptors (Lipinski definition) is 4. The van der Waals surface area contributed by atoms with Crippen LogP contribution in [0.5, 0.6) is 0 Å². The SMILES string of the molecule is CC(C)(C)OC(=O)N1CCc2cccc(N3CCNCC3)c21. The highest BCUT2D eigenvalue weighted by molar-refractivity contribution is 5.95. The van der Waals surface area contributed by atoms with Gasteiger partial charge in [0.1, 0.15) is 5.60 Å². The van der Waals surface area contributed by atoms with Crippen LogP contribution in [-0.4, -0.2) is 44.4 Å². The second kappa shape index (κ2) is 5.80. The van der Waals surface area contributed by atoms with Gasteiger partial charge in [-0.1, -0.05) is 12.1 Å². The molecule has 0 radical (unpaired) electrons. The van der Waals surface area contributed by atoms with Crippen molar-refractivity contribution in [1.29, 1.82) is 0 Å². The van der Waals surface area contributed by atoms with E-state index in [1.807, 2.05) is 20.8 Å². The number of ether oxygens (including phenoxy) is 1. The summed E-state index contributed by atoms with van der Waals surface area (Å²) in [6.07, 6.45) is 0.656. The van der Waals surface area contributed by atoms with Crippen molar-refractivity contribution in [1.82, 2.24) is 5.32 Å². The Kier molecular flexibility index (Phi) is 4.00. The first-order chi connectivity index (χ1) is 10.5. The summed E-state index contributed by atoms with van der Waals surface area (Å²) in [5.41, 5.74) is 2.96. The summed E-state index contributed by atoms with van der Waals surface area (Å²) in [6.45, 7) is 10.3. The van der Waals surface area contributed by atoms with Crippen molar-refractivity contribution in [2.75, 3.05) is 42.5 Å². The summed E-state index contributed by atoms with van der Waals surface area (Å²) in [4.78, 5) is 16.7. The lowest BCUT2D eigenvalue weighted by Crippen LogP contribution is -2.44. The van der Waals surface area contributed by atoms with Gasteiger partial charge in [-0.3, -0.25) is 4.90 Å². The fraction of sp³-hybridized carbons (Fsp3) is 0.588. The highest BCUT2D eigenvalue weighted by Crippen LogP contribution is 2.38. The fourth-order valence-electron chi connectivity index (χ4n) is 3.10. The van der Waals surface area contributed by atoms with Gasteiger partial charge in [0.2, 0.25) is 0 Å². The van der Waals surface area contributed by atoms with Crippen molar-refractivity contribution in [3.05, 3.63) is 23.8 Å². The molecule has 1 N–H and O–H groups in total. The Bertz CT molecular complexity index is 560. The Labute approximate surface area is 132 Å². The lowest BCUT2D eigenvalue weighted by atomic mass is 10.1.